The van der Waals surface area contributed by atoms with Crippen LogP contribution in [0.15, 0.2) is 41.4 Å². The number of aliphatic hydroxyl groups is 1. The minimum Gasteiger partial charge on any atom is -0.464 e. The molecule has 0 aliphatic heterocycles. The van der Waals surface area contributed by atoms with Gasteiger partial charge in [-0.25, -0.2) is 19.8 Å². The molecule has 1 fully saturated rings. The van der Waals surface area contributed by atoms with E-state index in [1.165, 1.54) is 7.11 Å². The van der Waals surface area contributed by atoms with Crippen molar-refractivity contribution < 1.29 is 14.6 Å². The summed E-state index contributed by atoms with van der Waals surface area (Å²) in [7, 11) is 1.34. The smallest absolute Gasteiger partial charge is 0.354 e. The average molecular weight is 364 g/mol. The van der Waals surface area contributed by atoms with Crippen LogP contribution in [0.5, 0.6) is 0 Å². The van der Waals surface area contributed by atoms with Gasteiger partial charge >= 0.3 is 5.97 Å². The van der Waals surface area contributed by atoms with Gasteiger partial charge in [-0.15, -0.1) is 0 Å². The molecule has 7 heteroatoms. The fourth-order valence-corrected chi connectivity index (χ4v) is 3.21. The van der Waals surface area contributed by atoms with E-state index in [0.29, 0.717) is 41.2 Å². The van der Waals surface area contributed by atoms with Crippen molar-refractivity contribution in [3.05, 3.63) is 42.1 Å². The van der Waals surface area contributed by atoms with Gasteiger partial charge in [0.25, 0.3) is 0 Å². The van der Waals surface area contributed by atoms with Crippen LogP contribution in [0.2, 0.25) is 0 Å². The number of methoxy groups -OCH3 is 1. The zero-order chi connectivity index (χ0) is 18.8. The van der Waals surface area contributed by atoms with Crippen LogP contribution in [0, 0.1) is 0 Å². The van der Waals surface area contributed by atoms with Crippen molar-refractivity contribution in [3.63, 3.8) is 0 Å². The van der Waals surface area contributed by atoms with Crippen LogP contribution in [-0.2, 0) is 4.74 Å². The third kappa shape index (κ3) is 3.59. The number of carbonyl (C=O) groups excluding carboxylic acids is 1. The maximum atomic E-state index is 11.9. The highest BCUT2D eigenvalue weighted by atomic mass is 16.5. The molecule has 1 aliphatic rings. The van der Waals surface area contributed by atoms with E-state index >= 15 is 0 Å². The number of aromatic nitrogens is 3. The topological polar surface area (TPSA) is 100 Å². The third-order valence-corrected chi connectivity index (χ3v) is 4.70. The van der Waals surface area contributed by atoms with Crippen molar-refractivity contribution in [1.82, 2.24) is 15.0 Å². The van der Waals surface area contributed by atoms with E-state index < -0.39 is 5.97 Å². The lowest BCUT2D eigenvalue weighted by molar-refractivity contribution is 0.0595. The standard InChI is InChI=1S/C20H20N4O3/c1-27-20(26)16-11-15-18(21-13-7-9-14(25)10-8-13)23-17(24-19(15)22-16)12-5-3-2-4-6-12/h2-6,11,14,25H,7-10H2,1H3,(H,22,23,24). The second-order valence-corrected chi connectivity index (χ2v) is 6.58. The first-order chi connectivity index (χ1) is 13.1. The predicted molar refractivity (Wildman–Crippen MR) is 102 cm³/mol. The first kappa shape index (κ1) is 17.4. The first-order valence-corrected chi connectivity index (χ1v) is 8.93. The molecule has 3 aromatic rings. The Balaban J connectivity index is 1.84. The molecule has 138 valence electrons. The number of rotatable bonds is 3. The first-order valence-electron chi connectivity index (χ1n) is 8.93. The second kappa shape index (κ2) is 7.28. The van der Waals surface area contributed by atoms with E-state index in [4.69, 9.17) is 9.73 Å². The van der Waals surface area contributed by atoms with Gasteiger partial charge in [0.15, 0.2) is 11.6 Å². The molecule has 1 aromatic carbocycles. The van der Waals surface area contributed by atoms with Gasteiger partial charge in [0.05, 0.1) is 18.6 Å². The summed E-state index contributed by atoms with van der Waals surface area (Å²) in [5.74, 6) is 0.599. The van der Waals surface area contributed by atoms with Crippen LogP contribution in [-0.4, -0.2) is 45.0 Å². The summed E-state index contributed by atoms with van der Waals surface area (Å²) < 4.78 is 4.80. The average Bonchev–Trinajstić information content (AvgIpc) is 3.14. The molecule has 2 N–H and O–H groups in total. The summed E-state index contributed by atoms with van der Waals surface area (Å²) in [6, 6.07) is 11.3. The molecule has 0 bridgehead atoms. The minimum absolute atomic E-state index is 0.257. The number of nitrogens with one attached hydrogen (secondary N) is 1. The van der Waals surface area contributed by atoms with E-state index in [0.717, 1.165) is 24.1 Å². The number of benzene rings is 1. The zero-order valence-corrected chi connectivity index (χ0v) is 15.0. The largest absolute Gasteiger partial charge is 0.464 e. The number of aliphatic imine (C=N–C) groups is 1. The Kier molecular flexibility index (Phi) is 4.68. The molecular weight excluding hydrogens is 344 g/mol. The number of aromatic amines is 1. The Morgan fingerprint density at radius 2 is 1.96 bits per heavy atom. The van der Waals surface area contributed by atoms with Gasteiger partial charge < -0.3 is 14.8 Å². The van der Waals surface area contributed by atoms with Gasteiger partial charge in [-0.1, -0.05) is 30.3 Å². The van der Waals surface area contributed by atoms with Crippen molar-refractivity contribution >= 4 is 28.5 Å². The molecule has 1 saturated carbocycles. The van der Waals surface area contributed by atoms with Gasteiger partial charge in [-0.3, -0.25) is 0 Å². The van der Waals surface area contributed by atoms with Crippen molar-refractivity contribution in [2.45, 2.75) is 31.8 Å². The Bertz CT molecular complexity index is 1000. The van der Waals surface area contributed by atoms with E-state index in [1.54, 1.807) is 6.07 Å². The van der Waals surface area contributed by atoms with E-state index in [2.05, 4.69) is 15.0 Å². The molecule has 0 radical (unpaired) electrons. The van der Waals surface area contributed by atoms with E-state index in [9.17, 15) is 9.90 Å². The van der Waals surface area contributed by atoms with Gasteiger partial charge in [-0.05, 0) is 31.7 Å². The molecule has 0 spiro atoms. The SMILES string of the molecule is COC(=O)c1cc2c(N=C3CCC(O)CC3)nc(-c3ccccc3)nc2[nH]1. The summed E-state index contributed by atoms with van der Waals surface area (Å²) in [4.78, 5) is 28.9. The minimum atomic E-state index is -0.464. The summed E-state index contributed by atoms with van der Waals surface area (Å²) in [6.45, 7) is 0. The lowest BCUT2D eigenvalue weighted by Crippen LogP contribution is -2.17. The van der Waals surface area contributed by atoms with Crippen molar-refractivity contribution in [2.24, 2.45) is 4.99 Å². The van der Waals surface area contributed by atoms with Gasteiger partial charge in [0.2, 0.25) is 0 Å². The number of esters is 1. The van der Waals surface area contributed by atoms with Crippen LogP contribution < -0.4 is 0 Å². The number of hydrogen-bond donors (Lipinski definition) is 2. The molecule has 7 nitrogen and oxygen atoms in total. The summed E-state index contributed by atoms with van der Waals surface area (Å²) in [5, 5.41) is 10.4. The molecule has 2 heterocycles. The number of H-pyrrole nitrogens is 1. The Morgan fingerprint density at radius 3 is 2.67 bits per heavy atom. The maximum absolute atomic E-state index is 11.9. The van der Waals surface area contributed by atoms with Crippen molar-refractivity contribution in [3.8, 4) is 11.4 Å². The molecule has 0 unspecified atom stereocenters. The Hall–Kier alpha value is -3.06. The molecule has 0 saturated heterocycles. The van der Waals surface area contributed by atoms with Crippen LogP contribution in [0.4, 0.5) is 5.82 Å². The highest BCUT2D eigenvalue weighted by Crippen LogP contribution is 2.29. The Morgan fingerprint density at radius 1 is 1.22 bits per heavy atom. The van der Waals surface area contributed by atoms with Crippen molar-refractivity contribution in [1.29, 1.82) is 0 Å². The molecular formula is C20H20N4O3. The van der Waals surface area contributed by atoms with Gasteiger partial charge in [0, 0.05) is 11.3 Å². The molecule has 1 aliphatic carbocycles. The normalized spacial score (nSPS) is 17.1. The molecule has 0 atom stereocenters. The molecule has 2 aromatic heterocycles. The van der Waals surface area contributed by atoms with E-state index in [1.807, 2.05) is 30.3 Å². The summed E-state index contributed by atoms with van der Waals surface area (Å²) in [5.41, 5.74) is 2.72. The number of carbonyl (C=O) groups is 1. The molecule has 27 heavy (non-hydrogen) atoms. The lowest BCUT2D eigenvalue weighted by Gasteiger charge is -2.18. The Labute approximate surface area is 156 Å². The van der Waals surface area contributed by atoms with E-state index in [-0.39, 0.29) is 6.10 Å². The molecule has 4 rings (SSSR count). The number of nitrogens with zero attached hydrogens (tertiary/aromatic N) is 3. The number of aliphatic hydroxyl groups excluding tert-OH is 1. The summed E-state index contributed by atoms with van der Waals surface area (Å²) in [6.07, 6.45) is 2.63. The number of ether oxygens (including phenoxy) is 1. The number of hydrogen-bond acceptors (Lipinski definition) is 6. The third-order valence-electron chi connectivity index (χ3n) is 4.70. The fourth-order valence-electron chi connectivity index (χ4n) is 3.21. The summed E-state index contributed by atoms with van der Waals surface area (Å²) >= 11 is 0. The van der Waals surface area contributed by atoms with Crippen LogP contribution in [0.3, 0.4) is 0 Å². The van der Waals surface area contributed by atoms with Crippen molar-refractivity contribution in [2.75, 3.05) is 7.11 Å². The molecule has 0 amide bonds. The monoisotopic (exact) mass is 364 g/mol. The van der Waals surface area contributed by atoms with Gasteiger partial charge in [0.1, 0.15) is 11.3 Å². The quantitative estimate of drug-likeness (QED) is 0.694. The highest BCUT2D eigenvalue weighted by molar-refractivity contribution is 5.99. The fraction of sp³-hybridized carbons (Fsp3) is 0.300. The van der Waals surface area contributed by atoms with Gasteiger partial charge in [-0.2, -0.15) is 0 Å². The predicted octanol–water partition coefficient (Wildman–Crippen LogP) is 3.42. The zero-order valence-electron chi connectivity index (χ0n) is 15.0. The van der Waals surface area contributed by atoms with Crippen LogP contribution in [0.25, 0.3) is 22.4 Å². The second-order valence-electron chi connectivity index (χ2n) is 6.58. The number of fused-ring (bicyclic) bond motifs is 1. The van der Waals surface area contributed by atoms with Crippen LogP contribution >= 0.6 is 0 Å². The lowest BCUT2D eigenvalue weighted by atomic mass is 9.96. The van der Waals surface area contributed by atoms with Crippen LogP contribution in [0.1, 0.15) is 36.2 Å². The maximum Gasteiger partial charge on any atom is 0.354 e. The highest BCUT2D eigenvalue weighted by Gasteiger charge is 2.19.